The molecule has 0 atom stereocenters. The number of oxazole rings is 1. The van der Waals surface area contributed by atoms with E-state index in [4.69, 9.17) is 9.40 Å². The quantitative estimate of drug-likeness (QED) is 0.399. The molecule has 0 N–H and O–H groups in total. The second-order valence-corrected chi connectivity index (χ2v) is 5.50. The highest BCUT2D eigenvalue weighted by Crippen LogP contribution is 2.36. The van der Waals surface area contributed by atoms with Crippen molar-refractivity contribution in [1.82, 2.24) is 9.97 Å². The summed E-state index contributed by atoms with van der Waals surface area (Å²) in [6.07, 6.45) is 1.75. The Labute approximate surface area is 132 Å². The number of hydrogen-bond donors (Lipinski definition) is 0. The highest BCUT2D eigenvalue weighted by molar-refractivity contribution is 6.22. The number of pyridine rings is 1. The van der Waals surface area contributed by atoms with Crippen molar-refractivity contribution in [2.75, 3.05) is 0 Å². The van der Waals surface area contributed by atoms with Gasteiger partial charge in [0.1, 0.15) is 11.2 Å². The van der Waals surface area contributed by atoms with Crippen LogP contribution in [0.3, 0.4) is 0 Å². The second kappa shape index (κ2) is 4.65. The monoisotopic (exact) mass is 296 g/mol. The number of fused-ring (bicyclic) bond motifs is 6. The van der Waals surface area contributed by atoms with Crippen LogP contribution in [0, 0.1) is 0 Å². The van der Waals surface area contributed by atoms with Gasteiger partial charge in [-0.25, -0.2) is 4.98 Å². The molecule has 0 fully saturated rings. The summed E-state index contributed by atoms with van der Waals surface area (Å²) in [6, 6.07) is 22.3. The van der Waals surface area contributed by atoms with Crippen molar-refractivity contribution in [3.63, 3.8) is 0 Å². The van der Waals surface area contributed by atoms with Crippen molar-refractivity contribution in [1.29, 1.82) is 0 Å². The molecule has 0 aliphatic rings. The maximum absolute atomic E-state index is 6.10. The summed E-state index contributed by atoms with van der Waals surface area (Å²) >= 11 is 0. The van der Waals surface area contributed by atoms with Gasteiger partial charge in [0.15, 0.2) is 5.58 Å². The molecular formula is C20H12N2O. The number of benzene rings is 3. The third-order valence-corrected chi connectivity index (χ3v) is 4.16. The number of rotatable bonds is 1. The molecule has 0 radical (unpaired) electrons. The molecule has 3 aromatic carbocycles. The lowest BCUT2D eigenvalue weighted by molar-refractivity contribution is 0.620. The molecule has 0 bridgehead atoms. The first-order valence-corrected chi connectivity index (χ1v) is 7.53. The van der Waals surface area contributed by atoms with E-state index in [9.17, 15) is 0 Å². The van der Waals surface area contributed by atoms with E-state index in [0.29, 0.717) is 5.89 Å². The van der Waals surface area contributed by atoms with Gasteiger partial charge in [-0.05, 0) is 22.9 Å². The Bertz CT molecular complexity index is 1090. The fourth-order valence-electron chi connectivity index (χ4n) is 3.12. The first-order valence-electron chi connectivity index (χ1n) is 7.53. The van der Waals surface area contributed by atoms with E-state index < -0.39 is 0 Å². The molecule has 3 heteroatoms. The lowest BCUT2D eigenvalue weighted by Gasteiger charge is -2.04. The molecule has 0 spiro atoms. The van der Waals surface area contributed by atoms with E-state index in [0.717, 1.165) is 27.6 Å². The van der Waals surface area contributed by atoms with E-state index in [1.165, 1.54) is 10.8 Å². The molecule has 0 unspecified atom stereocenters. The van der Waals surface area contributed by atoms with Gasteiger partial charge in [0.2, 0.25) is 5.89 Å². The normalized spacial score (nSPS) is 11.5. The Morgan fingerprint density at radius 2 is 1.30 bits per heavy atom. The molecule has 23 heavy (non-hydrogen) atoms. The molecule has 3 nitrogen and oxygen atoms in total. The van der Waals surface area contributed by atoms with Crippen LogP contribution in [0.1, 0.15) is 0 Å². The van der Waals surface area contributed by atoms with Gasteiger partial charge < -0.3 is 4.42 Å². The molecule has 0 saturated carbocycles. The molecular weight excluding hydrogens is 284 g/mol. The maximum Gasteiger partial charge on any atom is 0.246 e. The van der Waals surface area contributed by atoms with Crippen LogP contribution in [0.2, 0.25) is 0 Å². The molecule has 0 saturated heterocycles. The van der Waals surface area contributed by atoms with Gasteiger partial charge in [-0.2, -0.15) is 0 Å². The topological polar surface area (TPSA) is 38.9 Å². The summed E-state index contributed by atoms with van der Waals surface area (Å²) in [4.78, 5) is 9.08. The van der Waals surface area contributed by atoms with Crippen LogP contribution in [0.25, 0.3) is 44.2 Å². The fraction of sp³-hybridized carbons (Fsp3) is 0. The smallest absolute Gasteiger partial charge is 0.246 e. The summed E-state index contributed by atoms with van der Waals surface area (Å²) in [7, 11) is 0. The molecule has 0 aliphatic carbocycles. The summed E-state index contributed by atoms with van der Waals surface area (Å²) < 4.78 is 6.10. The maximum atomic E-state index is 6.10. The van der Waals surface area contributed by atoms with Crippen LogP contribution in [0.5, 0.6) is 0 Å². The van der Waals surface area contributed by atoms with Crippen LogP contribution >= 0.6 is 0 Å². The van der Waals surface area contributed by atoms with Crippen molar-refractivity contribution in [3.05, 3.63) is 72.9 Å². The van der Waals surface area contributed by atoms with Gasteiger partial charge in [0.25, 0.3) is 0 Å². The second-order valence-electron chi connectivity index (χ2n) is 5.50. The summed E-state index contributed by atoms with van der Waals surface area (Å²) in [5, 5.41) is 4.55. The molecule has 5 rings (SSSR count). The third-order valence-electron chi connectivity index (χ3n) is 4.16. The van der Waals surface area contributed by atoms with Gasteiger partial charge >= 0.3 is 0 Å². The zero-order valence-electron chi connectivity index (χ0n) is 12.2. The lowest BCUT2D eigenvalue weighted by Crippen LogP contribution is -1.81. The minimum atomic E-state index is 0.558. The highest BCUT2D eigenvalue weighted by Gasteiger charge is 2.15. The lowest BCUT2D eigenvalue weighted by atomic mass is 10.0. The Balaban J connectivity index is 1.99. The van der Waals surface area contributed by atoms with E-state index >= 15 is 0 Å². The molecule has 2 aromatic heterocycles. The number of hydrogen-bond acceptors (Lipinski definition) is 3. The Hall–Kier alpha value is -3.20. The SMILES string of the molecule is c1ccc(-c2nc3c4ccccc4c4ccccc4c3o2)nc1. The first-order chi connectivity index (χ1) is 11.4. The molecule has 0 aliphatic heterocycles. The zero-order valence-corrected chi connectivity index (χ0v) is 12.2. The Kier molecular flexibility index (Phi) is 2.50. The predicted octanol–water partition coefficient (Wildman–Crippen LogP) is 5.20. The summed E-state index contributed by atoms with van der Waals surface area (Å²) in [5.41, 5.74) is 2.46. The average Bonchev–Trinajstić information content (AvgIpc) is 3.09. The van der Waals surface area contributed by atoms with Crippen molar-refractivity contribution in [3.8, 4) is 11.6 Å². The van der Waals surface area contributed by atoms with Crippen molar-refractivity contribution < 1.29 is 4.42 Å². The van der Waals surface area contributed by atoms with Gasteiger partial charge in [0.05, 0.1) is 0 Å². The van der Waals surface area contributed by atoms with E-state index in [2.05, 4.69) is 41.4 Å². The van der Waals surface area contributed by atoms with Gasteiger partial charge in [-0.1, -0.05) is 54.6 Å². The van der Waals surface area contributed by atoms with Crippen molar-refractivity contribution >= 4 is 32.6 Å². The molecule has 5 aromatic rings. The van der Waals surface area contributed by atoms with Crippen LogP contribution in [-0.2, 0) is 0 Å². The molecule has 108 valence electrons. The Morgan fingerprint density at radius 3 is 2.04 bits per heavy atom. The molecule has 0 amide bonds. The van der Waals surface area contributed by atoms with Crippen LogP contribution in [0.4, 0.5) is 0 Å². The summed E-state index contributed by atoms with van der Waals surface area (Å²) in [6.45, 7) is 0. The summed E-state index contributed by atoms with van der Waals surface area (Å²) in [5.74, 6) is 0.558. The fourth-order valence-corrected chi connectivity index (χ4v) is 3.12. The van der Waals surface area contributed by atoms with Gasteiger partial charge in [-0.3, -0.25) is 4.98 Å². The van der Waals surface area contributed by atoms with Gasteiger partial charge in [0, 0.05) is 17.0 Å². The Morgan fingerprint density at radius 1 is 0.652 bits per heavy atom. The minimum Gasteiger partial charge on any atom is -0.434 e. The van der Waals surface area contributed by atoms with Crippen LogP contribution < -0.4 is 0 Å². The van der Waals surface area contributed by atoms with E-state index in [-0.39, 0.29) is 0 Å². The predicted molar refractivity (Wildman–Crippen MR) is 92.3 cm³/mol. The molecule has 2 heterocycles. The van der Waals surface area contributed by atoms with Crippen molar-refractivity contribution in [2.45, 2.75) is 0 Å². The average molecular weight is 296 g/mol. The largest absolute Gasteiger partial charge is 0.434 e. The van der Waals surface area contributed by atoms with Crippen molar-refractivity contribution in [2.24, 2.45) is 0 Å². The standard InChI is InChI=1S/C20H12N2O/c1-3-9-15-13(7-1)14-8-2-4-10-16(14)19-18(15)22-20(23-19)17-11-5-6-12-21-17/h1-12H. The van der Waals surface area contributed by atoms with Crippen LogP contribution in [0.15, 0.2) is 77.3 Å². The number of aromatic nitrogens is 2. The number of nitrogens with zero attached hydrogens (tertiary/aromatic N) is 2. The van der Waals surface area contributed by atoms with E-state index in [1.807, 2.05) is 30.3 Å². The first kappa shape index (κ1) is 12.4. The zero-order chi connectivity index (χ0) is 15.2. The third kappa shape index (κ3) is 1.77. The van der Waals surface area contributed by atoms with Gasteiger partial charge in [-0.15, -0.1) is 0 Å². The minimum absolute atomic E-state index is 0.558. The highest BCUT2D eigenvalue weighted by atomic mass is 16.3. The van der Waals surface area contributed by atoms with Crippen LogP contribution in [-0.4, -0.2) is 9.97 Å². The van der Waals surface area contributed by atoms with E-state index in [1.54, 1.807) is 6.20 Å².